The predicted octanol–water partition coefficient (Wildman–Crippen LogP) is 7.23. The number of rotatable bonds is 13. The second kappa shape index (κ2) is 15.0. The van der Waals surface area contributed by atoms with E-state index in [0.29, 0.717) is 66.1 Å². The van der Waals surface area contributed by atoms with Crippen LogP contribution in [-0.4, -0.2) is 66.6 Å². The third kappa shape index (κ3) is 8.22. The van der Waals surface area contributed by atoms with Crippen LogP contribution in [0.2, 0.25) is 0 Å². The largest absolute Gasteiger partial charge is 0.494 e. The first kappa shape index (κ1) is 37.6. The van der Waals surface area contributed by atoms with Crippen molar-refractivity contribution in [2.75, 3.05) is 18.5 Å². The predicted molar refractivity (Wildman–Crippen MR) is 199 cm³/mol. The minimum atomic E-state index is -1.18. The number of carbonyl (C=O) groups is 3. The average Bonchev–Trinajstić information content (AvgIpc) is 3.84. The Bertz CT molecular complexity index is 2270. The van der Waals surface area contributed by atoms with Gasteiger partial charge in [-0.2, -0.15) is 0 Å². The Balaban J connectivity index is 1.05. The number of halogens is 1. The number of fused-ring (bicyclic) bond motifs is 1. The van der Waals surface area contributed by atoms with E-state index in [0.717, 1.165) is 11.0 Å². The lowest BCUT2D eigenvalue weighted by Gasteiger charge is -2.32. The Morgan fingerprint density at radius 2 is 1.76 bits per heavy atom. The van der Waals surface area contributed by atoms with Gasteiger partial charge < -0.3 is 24.6 Å². The minimum absolute atomic E-state index is 0.0520. The number of hydrogen-bond donors (Lipinski definition) is 2. The van der Waals surface area contributed by atoms with Crippen molar-refractivity contribution in [1.29, 1.82) is 0 Å². The molecule has 2 heterocycles. The van der Waals surface area contributed by atoms with Crippen LogP contribution in [0.15, 0.2) is 83.8 Å². The molecule has 54 heavy (non-hydrogen) atoms. The van der Waals surface area contributed by atoms with Crippen LogP contribution in [0.1, 0.15) is 62.5 Å². The monoisotopic (exact) mass is 739 g/mol. The average molecular weight is 740 g/mol. The van der Waals surface area contributed by atoms with E-state index >= 15 is 4.39 Å². The van der Waals surface area contributed by atoms with E-state index in [1.54, 1.807) is 88.0 Å². The van der Waals surface area contributed by atoms with Gasteiger partial charge in [0.25, 0.3) is 11.5 Å². The van der Waals surface area contributed by atoms with Crippen molar-refractivity contribution in [2.24, 2.45) is 7.05 Å². The summed E-state index contributed by atoms with van der Waals surface area (Å²) in [5.41, 5.74) is -0.105. The molecule has 0 bridgehead atoms. The van der Waals surface area contributed by atoms with Gasteiger partial charge >= 0.3 is 12.1 Å². The molecule has 1 saturated carbocycles. The maximum Gasteiger partial charge on any atom is 0.408 e. The van der Waals surface area contributed by atoms with Crippen LogP contribution in [0, 0.1) is 12.7 Å². The zero-order valence-corrected chi connectivity index (χ0v) is 30.7. The van der Waals surface area contributed by atoms with Crippen LogP contribution in [0.5, 0.6) is 17.2 Å². The molecule has 2 N–H and O–H groups in total. The molecule has 14 heteroatoms. The molecule has 0 spiro atoms. The topological polar surface area (TPSA) is 154 Å². The summed E-state index contributed by atoms with van der Waals surface area (Å²) in [4.78, 5) is 56.1. The molecule has 1 fully saturated rings. The number of hydrogen-bond acceptors (Lipinski definition) is 8. The molecule has 2 aromatic heterocycles. The number of esters is 1. The molecule has 5 aromatic rings. The summed E-state index contributed by atoms with van der Waals surface area (Å²) in [6.07, 6.45) is 2.98. The van der Waals surface area contributed by atoms with E-state index in [-0.39, 0.29) is 23.5 Å². The number of ether oxygens (including phenoxy) is 3. The van der Waals surface area contributed by atoms with Gasteiger partial charge in [-0.3, -0.25) is 28.9 Å². The van der Waals surface area contributed by atoms with Crippen molar-refractivity contribution < 1.29 is 38.1 Å². The number of nitrogens with zero attached hydrogens (tertiary/aromatic N) is 4. The fourth-order valence-electron chi connectivity index (χ4n) is 6.21. The molecule has 282 valence electrons. The van der Waals surface area contributed by atoms with Crippen LogP contribution in [-0.2, 0) is 16.6 Å². The lowest BCUT2D eigenvalue weighted by atomic mass is 10.1. The van der Waals surface area contributed by atoms with Crippen LogP contribution < -0.4 is 20.3 Å². The summed E-state index contributed by atoms with van der Waals surface area (Å²) in [7, 11) is 1.69. The van der Waals surface area contributed by atoms with Gasteiger partial charge in [-0.15, -0.1) is 0 Å². The quantitative estimate of drug-likeness (QED) is 0.0940. The normalized spacial score (nSPS) is 13.3. The van der Waals surface area contributed by atoms with Gasteiger partial charge in [-0.25, -0.2) is 13.9 Å². The van der Waals surface area contributed by atoms with Crippen molar-refractivity contribution >= 4 is 34.6 Å². The number of carboxylic acid groups (broad SMARTS) is 1. The highest BCUT2D eigenvalue weighted by atomic mass is 19.1. The van der Waals surface area contributed by atoms with Crippen molar-refractivity contribution in [3.8, 4) is 22.9 Å². The van der Waals surface area contributed by atoms with Gasteiger partial charge in [0.15, 0.2) is 11.6 Å². The van der Waals surface area contributed by atoms with E-state index < -0.39 is 40.5 Å². The number of pyridine rings is 1. The summed E-state index contributed by atoms with van der Waals surface area (Å²) < 4.78 is 35.9. The Hall–Kier alpha value is -6.18. The Kier molecular flexibility index (Phi) is 10.5. The Labute approximate surface area is 310 Å². The SMILES string of the molecule is Cc1c(C(=O)Nc2ccc(Oc3ccnc4cc(OCCCC5(OC(=O)CN(C(=O)O)C(C)(C)C)CC5)ccc34)c(F)c2)c(=O)n(-c2ccccc2)n1C. The smallest absolute Gasteiger partial charge is 0.408 e. The summed E-state index contributed by atoms with van der Waals surface area (Å²) in [6, 6.07) is 19.8. The highest BCUT2D eigenvalue weighted by Gasteiger charge is 2.46. The zero-order chi connectivity index (χ0) is 38.8. The highest BCUT2D eigenvalue weighted by molar-refractivity contribution is 6.05. The second-order valence-electron chi connectivity index (χ2n) is 14.3. The first-order valence-electron chi connectivity index (χ1n) is 17.5. The van der Waals surface area contributed by atoms with Crippen molar-refractivity contribution in [1.82, 2.24) is 19.2 Å². The summed E-state index contributed by atoms with van der Waals surface area (Å²) in [6.45, 7) is 6.85. The van der Waals surface area contributed by atoms with E-state index in [2.05, 4.69) is 10.3 Å². The Morgan fingerprint density at radius 1 is 1.02 bits per heavy atom. The van der Waals surface area contributed by atoms with E-state index in [1.807, 2.05) is 6.07 Å². The molecule has 3 aromatic carbocycles. The van der Waals surface area contributed by atoms with E-state index in [4.69, 9.17) is 14.2 Å². The number of anilines is 1. The second-order valence-corrected chi connectivity index (χ2v) is 14.3. The third-order valence-corrected chi connectivity index (χ3v) is 9.38. The molecule has 2 amide bonds. The maximum atomic E-state index is 15.3. The number of benzene rings is 3. The van der Waals surface area contributed by atoms with Crippen molar-refractivity contribution in [3.63, 3.8) is 0 Å². The molecule has 13 nitrogen and oxygen atoms in total. The summed E-state index contributed by atoms with van der Waals surface area (Å²) in [5.74, 6) is -1.12. The standard InChI is InChI=1S/C40H42FN5O8/c1-25-35(37(49)46(44(25)5)27-10-7-6-8-11-27)36(48)43-26-12-15-33(30(41)22-26)53-32-16-20-42-31-23-28(13-14-29(31)32)52-21-9-17-40(18-19-40)54-34(47)24-45(38(50)51)39(2,3)4/h6-8,10-16,20,22-23H,9,17-19,21,24H2,1-5H3,(H,43,48)(H,50,51). The fraction of sp³-hybridized carbons (Fsp3) is 0.325. The molecule has 1 aliphatic rings. The lowest BCUT2D eigenvalue weighted by Crippen LogP contribution is -2.48. The molecule has 0 radical (unpaired) electrons. The number of carbonyl (C=O) groups excluding carboxylic acids is 2. The number of aromatic nitrogens is 3. The minimum Gasteiger partial charge on any atom is -0.494 e. The van der Waals surface area contributed by atoms with Gasteiger partial charge in [0, 0.05) is 42.0 Å². The van der Waals surface area contributed by atoms with Gasteiger partial charge in [0.2, 0.25) is 0 Å². The molecule has 0 atom stereocenters. The van der Waals surface area contributed by atoms with E-state index in [1.165, 1.54) is 23.0 Å². The maximum absolute atomic E-state index is 15.3. The summed E-state index contributed by atoms with van der Waals surface area (Å²) in [5, 5.41) is 12.7. The van der Waals surface area contributed by atoms with Crippen molar-refractivity contribution in [2.45, 2.75) is 64.5 Å². The molecular weight excluding hydrogens is 697 g/mol. The Morgan fingerprint density at radius 3 is 2.43 bits per heavy atom. The molecule has 0 aliphatic heterocycles. The van der Waals surface area contributed by atoms with Crippen LogP contribution >= 0.6 is 0 Å². The van der Waals surface area contributed by atoms with Crippen LogP contribution in [0.3, 0.4) is 0 Å². The molecule has 1 aliphatic carbocycles. The lowest BCUT2D eigenvalue weighted by molar-refractivity contribution is -0.153. The van der Waals surface area contributed by atoms with Crippen molar-refractivity contribution in [3.05, 3.63) is 106 Å². The first-order valence-corrected chi connectivity index (χ1v) is 17.5. The highest BCUT2D eigenvalue weighted by Crippen LogP contribution is 2.44. The molecule has 0 unspecified atom stereocenters. The summed E-state index contributed by atoms with van der Waals surface area (Å²) >= 11 is 0. The first-order chi connectivity index (χ1) is 25.7. The molecule has 6 rings (SSSR count). The third-order valence-electron chi connectivity index (χ3n) is 9.38. The molecule has 0 saturated heterocycles. The number of amides is 2. The fourth-order valence-corrected chi connectivity index (χ4v) is 6.21. The van der Waals surface area contributed by atoms with E-state index in [9.17, 15) is 24.3 Å². The van der Waals surface area contributed by atoms with Gasteiger partial charge in [0.1, 0.15) is 29.2 Å². The van der Waals surface area contributed by atoms with Gasteiger partial charge in [0.05, 0.1) is 23.5 Å². The zero-order valence-electron chi connectivity index (χ0n) is 30.7. The van der Waals surface area contributed by atoms with Gasteiger partial charge in [-0.05, 0) is 95.8 Å². The van der Waals surface area contributed by atoms with Crippen LogP contribution in [0.4, 0.5) is 14.9 Å². The number of para-hydroxylation sites is 1. The van der Waals surface area contributed by atoms with Crippen LogP contribution in [0.25, 0.3) is 16.6 Å². The molecular formula is C40H42FN5O8. The number of nitrogens with one attached hydrogen (secondary N) is 1. The van der Waals surface area contributed by atoms with Gasteiger partial charge in [-0.1, -0.05) is 18.2 Å².